The van der Waals surface area contributed by atoms with Gasteiger partial charge >= 0.3 is 0 Å². The molecule has 0 aliphatic heterocycles. The summed E-state index contributed by atoms with van der Waals surface area (Å²) in [6, 6.07) is 13.8. The van der Waals surface area contributed by atoms with Crippen molar-refractivity contribution in [3.05, 3.63) is 59.1 Å². The summed E-state index contributed by atoms with van der Waals surface area (Å²) in [7, 11) is 0. The number of nitrogens with one attached hydrogen (secondary N) is 2. The standard InChI is InChI=1S/C21H25ClN2O3/c1-3-5-13-23-20(25)17-11-6-7-12-18(17)24-21(26)19(4-2)27-16-10-8-9-15(22)14-16/h6-12,14,19H,3-5,13H2,1-2H3,(H,23,25)(H,24,26)/t19-/m1/s1. The van der Waals surface area contributed by atoms with Crippen LogP contribution < -0.4 is 15.4 Å². The fraction of sp³-hybridized carbons (Fsp3) is 0.333. The molecular formula is C21H25ClN2O3. The van der Waals surface area contributed by atoms with E-state index in [0.29, 0.717) is 35.0 Å². The van der Waals surface area contributed by atoms with Crippen LogP contribution in [-0.4, -0.2) is 24.5 Å². The zero-order valence-corrected chi connectivity index (χ0v) is 16.4. The van der Waals surface area contributed by atoms with Gasteiger partial charge in [-0.25, -0.2) is 0 Å². The quantitative estimate of drug-likeness (QED) is 0.613. The first-order chi connectivity index (χ1) is 13.0. The first-order valence-corrected chi connectivity index (χ1v) is 9.53. The maximum absolute atomic E-state index is 12.7. The van der Waals surface area contributed by atoms with Gasteiger partial charge in [0.05, 0.1) is 11.3 Å². The Balaban J connectivity index is 2.08. The highest BCUT2D eigenvalue weighted by molar-refractivity contribution is 6.30. The average Bonchev–Trinajstić information content (AvgIpc) is 2.66. The molecule has 2 aromatic rings. The lowest BCUT2D eigenvalue weighted by Crippen LogP contribution is -2.33. The van der Waals surface area contributed by atoms with Crippen LogP contribution >= 0.6 is 11.6 Å². The second-order valence-electron chi connectivity index (χ2n) is 6.12. The average molecular weight is 389 g/mol. The second-order valence-corrected chi connectivity index (χ2v) is 6.55. The highest BCUT2D eigenvalue weighted by Crippen LogP contribution is 2.21. The van der Waals surface area contributed by atoms with Gasteiger partial charge in [0.1, 0.15) is 5.75 Å². The second kappa shape index (κ2) is 10.6. The van der Waals surface area contributed by atoms with Gasteiger partial charge in [-0.15, -0.1) is 0 Å². The van der Waals surface area contributed by atoms with Gasteiger partial charge in [-0.05, 0) is 43.2 Å². The molecule has 5 nitrogen and oxygen atoms in total. The van der Waals surface area contributed by atoms with E-state index < -0.39 is 6.10 Å². The molecule has 1 atom stereocenters. The molecule has 144 valence electrons. The first kappa shape index (κ1) is 20.8. The zero-order valence-electron chi connectivity index (χ0n) is 15.6. The summed E-state index contributed by atoms with van der Waals surface area (Å²) in [5.41, 5.74) is 0.893. The molecule has 2 aromatic carbocycles. The van der Waals surface area contributed by atoms with E-state index in [2.05, 4.69) is 17.6 Å². The summed E-state index contributed by atoms with van der Waals surface area (Å²) in [5.74, 6) is 0.00420. The number of para-hydroxylation sites is 1. The van der Waals surface area contributed by atoms with Crippen molar-refractivity contribution in [3.63, 3.8) is 0 Å². The Labute approximate surface area is 165 Å². The highest BCUT2D eigenvalue weighted by Gasteiger charge is 2.21. The van der Waals surface area contributed by atoms with Crippen molar-refractivity contribution in [2.45, 2.75) is 39.2 Å². The van der Waals surface area contributed by atoms with Gasteiger partial charge in [0.2, 0.25) is 0 Å². The van der Waals surface area contributed by atoms with Crippen LogP contribution in [0.5, 0.6) is 5.75 Å². The number of hydrogen-bond acceptors (Lipinski definition) is 3. The lowest BCUT2D eigenvalue weighted by molar-refractivity contribution is -0.122. The normalized spacial score (nSPS) is 11.5. The number of halogens is 1. The van der Waals surface area contributed by atoms with Crippen molar-refractivity contribution in [1.82, 2.24) is 5.32 Å². The minimum Gasteiger partial charge on any atom is -0.481 e. The van der Waals surface area contributed by atoms with Crippen molar-refractivity contribution >= 4 is 29.1 Å². The van der Waals surface area contributed by atoms with Crippen LogP contribution in [-0.2, 0) is 4.79 Å². The number of ether oxygens (including phenoxy) is 1. The fourth-order valence-electron chi connectivity index (χ4n) is 2.50. The zero-order chi connectivity index (χ0) is 19.6. The van der Waals surface area contributed by atoms with Crippen molar-refractivity contribution < 1.29 is 14.3 Å². The molecule has 2 amide bonds. The Bertz CT molecular complexity index is 780. The van der Waals surface area contributed by atoms with E-state index >= 15 is 0 Å². The molecule has 2 N–H and O–H groups in total. The first-order valence-electron chi connectivity index (χ1n) is 9.15. The number of benzene rings is 2. The Kier molecular flexibility index (Phi) is 8.14. The molecule has 0 saturated carbocycles. The minimum atomic E-state index is -0.695. The van der Waals surface area contributed by atoms with Gasteiger partial charge in [-0.1, -0.05) is 50.1 Å². The van der Waals surface area contributed by atoms with Crippen LogP contribution in [0.25, 0.3) is 0 Å². The number of amides is 2. The molecule has 0 fully saturated rings. The van der Waals surface area contributed by atoms with E-state index in [0.717, 1.165) is 12.8 Å². The van der Waals surface area contributed by atoms with E-state index in [1.54, 1.807) is 48.5 Å². The highest BCUT2D eigenvalue weighted by atomic mass is 35.5. The summed E-state index contributed by atoms with van der Waals surface area (Å²) in [5, 5.41) is 6.22. The Morgan fingerprint density at radius 1 is 1.11 bits per heavy atom. The molecular weight excluding hydrogens is 364 g/mol. The van der Waals surface area contributed by atoms with Gasteiger partial charge in [-0.3, -0.25) is 9.59 Å². The van der Waals surface area contributed by atoms with E-state index in [4.69, 9.17) is 16.3 Å². The number of unbranched alkanes of at least 4 members (excludes halogenated alkanes) is 1. The van der Waals surface area contributed by atoms with Crippen LogP contribution in [0.2, 0.25) is 5.02 Å². The van der Waals surface area contributed by atoms with Crippen LogP contribution in [0.3, 0.4) is 0 Å². The van der Waals surface area contributed by atoms with Gasteiger partial charge in [-0.2, -0.15) is 0 Å². The lowest BCUT2D eigenvalue weighted by Gasteiger charge is -2.18. The van der Waals surface area contributed by atoms with Crippen LogP contribution in [0.1, 0.15) is 43.5 Å². The molecule has 0 aromatic heterocycles. The lowest BCUT2D eigenvalue weighted by atomic mass is 10.1. The van der Waals surface area contributed by atoms with E-state index in [1.165, 1.54) is 0 Å². The fourth-order valence-corrected chi connectivity index (χ4v) is 2.68. The molecule has 0 saturated heterocycles. The predicted octanol–water partition coefficient (Wildman–Crippen LogP) is 4.67. The molecule has 0 heterocycles. The van der Waals surface area contributed by atoms with Crippen LogP contribution in [0, 0.1) is 0 Å². The minimum absolute atomic E-state index is 0.205. The van der Waals surface area contributed by atoms with Gasteiger partial charge in [0.25, 0.3) is 11.8 Å². The molecule has 27 heavy (non-hydrogen) atoms. The number of hydrogen-bond donors (Lipinski definition) is 2. The smallest absolute Gasteiger partial charge is 0.265 e. The summed E-state index contributed by atoms with van der Waals surface area (Å²) < 4.78 is 5.76. The maximum atomic E-state index is 12.7. The van der Waals surface area contributed by atoms with Gasteiger partial charge in [0, 0.05) is 11.6 Å². The number of carbonyl (C=O) groups excluding carboxylic acids is 2. The third-order valence-corrected chi connectivity index (χ3v) is 4.22. The van der Waals surface area contributed by atoms with Crippen molar-refractivity contribution in [2.24, 2.45) is 0 Å². The van der Waals surface area contributed by atoms with Gasteiger partial charge < -0.3 is 15.4 Å². The summed E-state index contributed by atoms with van der Waals surface area (Å²) >= 11 is 5.96. The maximum Gasteiger partial charge on any atom is 0.265 e. The Hall–Kier alpha value is -2.53. The summed E-state index contributed by atoms with van der Waals surface area (Å²) in [6.07, 6.45) is 1.69. The Morgan fingerprint density at radius 2 is 1.89 bits per heavy atom. The third kappa shape index (κ3) is 6.29. The number of carbonyl (C=O) groups is 2. The van der Waals surface area contributed by atoms with E-state index in [1.807, 2.05) is 6.92 Å². The molecule has 0 radical (unpaired) electrons. The summed E-state index contributed by atoms with van der Waals surface area (Å²) in [6.45, 7) is 4.52. The van der Waals surface area contributed by atoms with Gasteiger partial charge in [0.15, 0.2) is 6.10 Å². The molecule has 0 bridgehead atoms. The number of rotatable bonds is 9. The van der Waals surface area contributed by atoms with E-state index in [9.17, 15) is 9.59 Å². The predicted molar refractivity (Wildman–Crippen MR) is 108 cm³/mol. The van der Waals surface area contributed by atoms with Crippen molar-refractivity contribution in [3.8, 4) is 5.75 Å². The molecule has 2 rings (SSSR count). The Morgan fingerprint density at radius 3 is 2.59 bits per heavy atom. The molecule has 0 aliphatic carbocycles. The molecule has 0 aliphatic rings. The monoisotopic (exact) mass is 388 g/mol. The van der Waals surface area contributed by atoms with Crippen LogP contribution in [0.4, 0.5) is 5.69 Å². The number of anilines is 1. The molecule has 0 unspecified atom stereocenters. The summed E-state index contributed by atoms with van der Waals surface area (Å²) in [4.78, 5) is 25.0. The third-order valence-electron chi connectivity index (χ3n) is 3.98. The van der Waals surface area contributed by atoms with Crippen molar-refractivity contribution in [1.29, 1.82) is 0 Å². The topological polar surface area (TPSA) is 67.4 Å². The molecule has 0 spiro atoms. The largest absolute Gasteiger partial charge is 0.481 e. The SMILES string of the molecule is CCCCNC(=O)c1ccccc1NC(=O)[C@@H](CC)Oc1cccc(Cl)c1. The van der Waals surface area contributed by atoms with E-state index in [-0.39, 0.29) is 11.8 Å². The van der Waals surface area contributed by atoms with Crippen LogP contribution in [0.15, 0.2) is 48.5 Å². The van der Waals surface area contributed by atoms with Crippen molar-refractivity contribution in [2.75, 3.05) is 11.9 Å². The molecule has 6 heteroatoms.